The van der Waals surface area contributed by atoms with Crippen molar-refractivity contribution in [3.05, 3.63) is 47.0 Å². The molecule has 150 valence electrons. The van der Waals surface area contributed by atoms with Gasteiger partial charge in [0.05, 0.1) is 12.8 Å². The Labute approximate surface area is 171 Å². The molecule has 0 N–H and O–H groups in total. The molecule has 2 fully saturated rings. The number of aromatic nitrogens is 2. The molecule has 1 aromatic heterocycles. The molecule has 0 radical (unpaired) electrons. The van der Waals surface area contributed by atoms with Crippen LogP contribution in [0.2, 0.25) is 0 Å². The number of hydrogen-bond acceptors (Lipinski definition) is 5. The molecule has 3 aliphatic rings. The molecule has 2 saturated heterocycles. The van der Waals surface area contributed by atoms with Crippen LogP contribution in [0.25, 0.3) is 0 Å². The highest BCUT2D eigenvalue weighted by Gasteiger charge is 2.41. The van der Waals surface area contributed by atoms with Crippen molar-refractivity contribution >= 4 is 18.4 Å². The first-order valence-electron chi connectivity index (χ1n) is 9.92. The van der Waals surface area contributed by atoms with Crippen LogP contribution in [0.3, 0.4) is 0 Å². The predicted octanol–water partition coefficient (Wildman–Crippen LogP) is 3.91. The summed E-state index contributed by atoms with van der Waals surface area (Å²) >= 11 is 0. The smallest absolute Gasteiger partial charge is 0.225 e. The molecule has 3 aliphatic heterocycles. The third kappa shape index (κ3) is 3.33. The Balaban J connectivity index is 0.00000192. The number of benzene rings is 1. The van der Waals surface area contributed by atoms with Crippen LogP contribution >= 0.6 is 12.4 Å². The van der Waals surface area contributed by atoms with Gasteiger partial charge >= 0.3 is 0 Å². The summed E-state index contributed by atoms with van der Waals surface area (Å²) in [6.07, 6.45) is 7.66. The fourth-order valence-electron chi connectivity index (χ4n) is 4.86. The highest BCUT2D eigenvalue weighted by atomic mass is 35.5. The summed E-state index contributed by atoms with van der Waals surface area (Å²) in [6.45, 7) is 2.75. The number of fused-ring (bicyclic) bond motifs is 4. The van der Waals surface area contributed by atoms with Crippen LogP contribution in [0, 0.1) is 5.82 Å². The third-order valence-corrected chi connectivity index (χ3v) is 6.32. The highest BCUT2D eigenvalue weighted by Crippen LogP contribution is 2.44. The zero-order chi connectivity index (χ0) is 18.4. The minimum absolute atomic E-state index is 0. The van der Waals surface area contributed by atoms with Crippen LogP contribution in [-0.4, -0.2) is 41.1 Å². The van der Waals surface area contributed by atoms with Crippen LogP contribution in [0.15, 0.2) is 24.4 Å². The lowest BCUT2D eigenvalue weighted by Crippen LogP contribution is -2.38. The zero-order valence-electron chi connectivity index (χ0n) is 16.1. The number of methoxy groups -OCH3 is 1. The summed E-state index contributed by atoms with van der Waals surface area (Å²) < 4.78 is 19.6. The maximum Gasteiger partial charge on any atom is 0.225 e. The lowest BCUT2D eigenvalue weighted by Gasteiger charge is -2.36. The van der Waals surface area contributed by atoms with Gasteiger partial charge in [0.1, 0.15) is 11.6 Å². The van der Waals surface area contributed by atoms with Crippen molar-refractivity contribution in [2.75, 3.05) is 25.1 Å². The zero-order valence-corrected chi connectivity index (χ0v) is 16.9. The Morgan fingerprint density at radius 3 is 2.79 bits per heavy atom. The average Bonchev–Trinajstić information content (AvgIpc) is 3.31. The molecule has 0 amide bonds. The lowest BCUT2D eigenvalue weighted by atomic mass is 9.98. The summed E-state index contributed by atoms with van der Waals surface area (Å²) in [7, 11) is 1.56. The molecule has 7 heteroatoms. The second kappa shape index (κ2) is 7.84. The van der Waals surface area contributed by atoms with Crippen LogP contribution in [0.5, 0.6) is 5.75 Å². The summed E-state index contributed by atoms with van der Waals surface area (Å²) in [5.41, 5.74) is 3.16. The van der Waals surface area contributed by atoms with Gasteiger partial charge in [0.15, 0.2) is 0 Å². The maximum absolute atomic E-state index is 14.5. The molecule has 2 aromatic rings. The molecule has 5 nitrogen and oxygen atoms in total. The third-order valence-electron chi connectivity index (χ3n) is 6.32. The van der Waals surface area contributed by atoms with Gasteiger partial charge in [-0.3, -0.25) is 4.90 Å². The van der Waals surface area contributed by atoms with Crippen molar-refractivity contribution in [2.45, 2.75) is 50.7 Å². The number of anilines is 1. The molecule has 4 heterocycles. The molecule has 0 spiro atoms. The fourth-order valence-corrected chi connectivity index (χ4v) is 4.86. The van der Waals surface area contributed by atoms with Crippen molar-refractivity contribution < 1.29 is 9.13 Å². The van der Waals surface area contributed by atoms with E-state index in [1.54, 1.807) is 7.11 Å². The van der Waals surface area contributed by atoms with Crippen LogP contribution in [-0.2, 0) is 13.0 Å². The molecular formula is C21H26ClFN4O. The SMILES string of the molecule is COc1ccc(CN2C3CCC2c2cnc(N4CCCC4)nc2C3)c(F)c1.Cl. The summed E-state index contributed by atoms with van der Waals surface area (Å²) in [5.74, 6) is 1.26. The number of ether oxygens (including phenoxy) is 1. The first-order valence-corrected chi connectivity index (χ1v) is 9.92. The van der Waals surface area contributed by atoms with Gasteiger partial charge < -0.3 is 9.64 Å². The van der Waals surface area contributed by atoms with Gasteiger partial charge in [-0.25, -0.2) is 14.4 Å². The van der Waals surface area contributed by atoms with E-state index in [2.05, 4.69) is 14.8 Å². The first kappa shape index (κ1) is 19.4. The van der Waals surface area contributed by atoms with Crippen LogP contribution in [0.4, 0.5) is 10.3 Å². The van der Waals surface area contributed by atoms with Gasteiger partial charge in [-0.15, -0.1) is 12.4 Å². The van der Waals surface area contributed by atoms with Crippen molar-refractivity contribution in [1.29, 1.82) is 0 Å². The summed E-state index contributed by atoms with van der Waals surface area (Å²) in [4.78, 5) is 14.3. The van der Waals surface area contributed by atoms with E-state index in [0.29, 0.717) is 24.4 Å². The van der Waals surface area contributed by atoms with Gasteiger partial charge in [0.25, 0.3) is 0 Å². The van der Waals surface area contributed by atoms with E-state index in [9.17, 15) is 4.39 Å². The lowest BCUT2D eigenvalue weighted by molar-refractivity contribution is 0.164. The number of nitrogens with zero attached hydrogens (tertiary/aromatic N) is 4. The van der Waals surface area contributed by atoms with E-state index < -0.39 is 0 Å². The van der Waals surface area contributed by atoms with E-state index in [4.69, 9.17) is 9.72 Å². The monoisotopic (exact) mass is 404 g/mol. The van der Waals surface area contributed by atoms with Crippen molar-refractivity contribution in [2.24, 2.45) is 0 Å². The van der Waals surface area contributed by atoms with E-state index in [1.165, 1.54) is 30.2 Å². The van der Waals surface area contributed by atoms with Crippen LogP contribution in [0.1, 0.15) is 48.5 Å². The largest absolute Gasteiger partial charge is 0.497 e. The summed E-state index contributed by atoms with van der Waals surface area (Å²) in [6, 6.07) is 5.89. The number of halogens is 2. The van der Waals surface area contributed by atoms with Gasteiger partial charge in [-0.1, -0.05) is 6.07 Å². The van der Waals surface area contributed by atoms with E-state index in [-0.39, 0.29) is 18.2 Å². The Morgan fingerprint density at radius 1 is 1.21 bits per heavy atom. The Kier molecular flexibility index (Phi) is 5.43. The van der Waals surface area contributed by atoms with Crippen molar-refractivity contribution in [1.82, 2.24) is 14.9 Å². The normalized spacial score (nSPS) is 23.4. The summed E-state index contributed by atoms with van der Waals surface area (Å²) in [5, 5.41) is 0. The molecule has 0 aliphatic carbocycles. The second-order valence-electron chi connectivity index (χ2n) is 7.85. The van der Waals surface area contributed by atoms with E-state index >= 15 is 0 Å². The van der Waals surface area contributed by atoms with Gasteiger partial charge in [0, 0.05) is 61.5 Å². The quantitative estimate of drug-likeness (QED) is 0.772. The van der Waals surface area contributed by atoms with Crippen molar-refractivity contribution in [3.63, 3.8) is 0 Å². The molecule has 1 aromatic carbocycles. The number of rotatable bonds is 4. The fraction of sp³-hybridized carbons (Fsp3) is 0.524. The molecule has 28 heavy (non-hydrogen) atoms. The standard InChI is InChI=1S/C21H25FN4O.ClH/c1-27-16-6-4-14(18(22)11-16)13-26-15-5-7-20(26)17-12-23-21(24-19(17)10-15)25-8-2-3-9-25;/h4,6,11-12,15,20H,2-3,5,7-10,13H2,1H3;1H. The average molecular weight is 405 g/mol. The van der Waals surface area contributed by atoms with E-state index in [1.807, 2.05) is 18.3 Å². The predicted molar refractivity (Wildman–Crippen MR) is 109 cm³/mol. The first-order chi connectivity index (χ1) is 13.2. The van der Waals surface area contributed by atoms with Gasteiger partial charge in [-0.2, -0.15) is 0 Å². The molecule has 2 unspecified atom stereocenters. The minimum Gasteiger partial charge on any atom is -0.497 e. The molecule has 2 bridgehead atoms. The Morgan fingerprint density at radius 2 is 2.04 bits per heavy atom. The molecule has 5 rings (SSSR count). The topological polar surface area (TPSA) is 41.5 Å². The Bertz CT molecular complexity index is 858. The van der Waals surface area contributed by atoms with Crippen LogP contribution < -0.4 is 9.64 Å². The number of hydrogen-bond donors (Lipinski definition) is 0. The van der Waals surface area contributed by atoms with Crippen molar-refractivity contribution in [3.8, 4) is 5.75 Å². The molecule has 0 saturated carbocycles. The maximum atomic E-state index is 14.5. The van der Waals surface area contributed by atoms with E-state index in [0.717, 1.165) is 43.9 Å². The van der Waals surface area contributed by atoms with Gasteiger partial charge in [-0.05, 0) is 31.7 Å². The molecular weight excluding hydrogens is 379 g/mol. The Hall–Kier alpha value is -1.92. The minimum atomic E-state index is -0.194. The second-order valence-corrected chi connectivity index (χ2v) is 7.85. The highest BCUT2D eigenvalue weighted by molar-refractivity contribution is 5.85. The molecule has 2 atom stereocenters. The van der Waals surface area contributed by atoms with Gasteiger partial charge in [0.2, 0.25) is 5.95 Å².